The van der Waals surface area contributed by atoms with E-state index in [9.17, 15) is 13.6 Å². The van der Waals surface area contributed by atoms with Crippen molar-refractivity contribution in [2.75, 3.05) is 32.1 Å². The molecule has 0 aliphatic rings. The van der Waals surface area contributed by atoms with Gasteiger partial charge in [0.2, 0.25) is 0 Å². The number of thiazole rings is 1. The Kier molecular flexibility index (Phi) is 5.50. The minimum Gasteiger partial charge on any atom is -0.308 e. The molecule has 0 bridgehead atoms. The first-order valence-electron chi connectivity index (χ1n) is 7.83. The van der Waals surface area contributed by atoms with E-state index in [4.69, 9.17) is 11.6 Å². The lowest BCUT2D eigenvalue weighted by Crippen LogP contribution is -2.36. The lowest BCUT2D eigenvalue weighted by atomic mass is 10.2. The zero-order valence-electron chi connectivity index (χ0n) is 14.2. The Morgan fingerprint density at radius 1 is 1.15 bits per heavy atom. The maximum atomic E-state index is 14.0. The fourth-order valence-corrected chi connectivity index (χ4v) is 3.55. The topological polar surface area (TPSA) is 36.4 Å². The number of likely N-dealkylation sites (N-methyl/N-ethyl adjacent to an activating group) is 1. The molecule has 8 heteroatoms. The SMILES string of the molecule is CN(C)CCN(C(=O)c1ccc(Cl)cc1)c1nc2c(F)cc(F)cc2s1. The van der Waals surface area contributed by atoms with E-state index in [-0.39, 0.29) is 11.4 Å². The van der Waals surface area contributed by atoms with Gasteiger partial charge in [0.15, 0.2) is 10.9 Å². The summed E-state index contributed by atoms with van der Waals surface area (Å²) in [7, 11) is 3.77. The normalized spacial score (nSPS) is 11.3. The fourth-order valence-electron chi connectivity index (χ4n) is 2.39. The van der Waals surface area contributed by atoms with E-state index in [1.807, 2.05) is 19.0 Å². The molecule has 0 aliphatic heterocycles. The molecule has 1 heterocycles. The van der Waals surface area contributed by atoms with Gasteiger partial charge < -0.3 is 4.90 Å². The van der Waals surface area contributed by atoms with Crippen LogP contribution in [0.1, 0.15) is 10.4 Å². The van der Waals surface area contributed by atoms with Gasteiger partial charge in [0, 0.05) is 29.7 Å². The van der Waals surface area contributed by atoms with Gasteiger partial charge in [0.1, 0.15) is 11.3 Å². The second-order valence-corrected chi connectivity index (χ2v) is 7.44. The zero-order chi connectivity index (χ0) is 18.8. The average molecular weight is 396 g/mol. The number of aromatic nitrogens is 1. The summed E-state index contributed by atoms with van der Waals surface area (Å²) in [6, 6.07) is 8.52. The molecule has 0 saturated heterocycles. The summed E-state index contributed by atoms with van der Waals surface area (Å²) in [6.07, 6.45) is 0. The van der Waals surface area contributed by atoms with Crippen molar-refractivity contribution in [2.45, 2.75) is 0 Å². The Balaban J connectivity index is 2.01. The Bertz CT molecular complexity index is 944. The fraction of sp³-hybridized carbons (Fsp3) is 0.222. The number of hydrogen-bond acceptors (Lipinski definition) is 4. The summed E-state index contributed by atoms with van der Waals surface area (Å²) >= 11 is 6.96. The van der Waals surface area contributed by atoms with E-state index in [2.05, 4.69) is 4.98 Å². The number of anilines is 1. The number of hydrogen-bond donors (Lipinski definition) is 0. The minimum absolute atomic E-state index is 0.0603. The minimum atomic E-state index is -0.742. The van der Waals surface area contributed by atoms with Crippen molar-refractivity contribution < 1.29 is 13.6 Å². The monoisotopic (exact) mass is 395 g/mol. The number of fused-ring (bicyclic) bond motifs is 1. The Labute approximate surface area is 158 Å². The number of benzene rings is 2. The highest BCUT2D eigenvalue weighted by Crippen LogP contribution is 2.32. The molecule has 0 aliphatic carbocycles. The molecule has 0 unspecified atom stereocenters. The third kappa shape index (κ3) is 4.00. The molecule has 0 fully saturated rings. The van der Waals surface area contributed by atoms with Crippen LogP contribution in [0.15, 0.2) is 36.4 Å². The highest BCUT2D eigenvalue weighted by molar-refractivity contribution is 7.22. The maximum Gasteiger partial charge on any atom is 0.260 e. The highest BCUT2D eigenvalue weighted by Gasteiger charge is 2.22. The van der Waals surface area contributed by atoms with Gasteiger partial charge in [-0.05, 0) is 44.4 Å². The molecule has 0 atom stereocenters. The van der Waals surface area contributed by atoms with Crippen LogP contribution in [0.4, 0.5) is 13.9 Å². The first kappa shape index (κ1) is 18.7. The number of amides is 1. The highest BCUT2D eigenvalue weighted by atomic mass is 35.5. The van der Waals surface area contributed by atoms with Crippen molar-refractivity contribution in [1.82, 2.24) is 9.88 Å². The standard InChI is InChI=1S/C18H16ClF2N3OS/c1-23(2)7-8-24(17(25)11-3-5-12(19)6-4-11)18-22-16-14(21)9-13(20)10-15(16)26-18/h3-6,9-10H,7-8H2,1-2H3. The average Bonchev–Trinajstić information content (AvgIpc) is 2.99. The van der Waals surface area contributed by atoms with Crippen LogP contribution in [0.2, 0.25) is 5.02 Å². The first-order valence-corrected chi connectivity index (χ1v) is 9.02. The second-order valence-electron chi connectivity index (χ2n) is 6.00. The summed E-state index contributed by atoms with van der Waals surface area (Å²) in [5.74, 6) is -1.69. The van der Waals surface area contributed by atoms with Crippen LogP contribution in [0.3, 0.4) is 0 Å². The number of nitrogens with zero attached hydrogens (tertiary/aromatic N) is 3. The third-order valence-corrected chi connectivity index (χ3v) is 5.02. The number of carbonyl (C=O) groups excluding carboxylic acids is 1. The van der Waals surface area contributed by atoms with Crippen LogP contribution in [0.25, 0.3) is 10.2 Å². The van der Waals surface area contributed by atoms with Crippen LogP contribution in [-0.2, 0) is 0 Å². The van der Waals surface area contributed by atoms with Gasteiger partial charge in [-0.15, -0.1) is 0 Å². The quantitative estimate of drug-likeness (QED) is 0.641. The molecule has 3 aromatic rings. The molecule has 136 valence electrons. The molecule has 3 rings (SSSR count). The van der Waals surface area contributed by atoms with Crippen LogP contribution in [0, 0.1) is 11.6 Å². The largest absolute Gasteiger partial charge is 0.308 e. The smallest absolute Gasteiger partial charge is 0.260 e. The van der Waals surface area contributed by atoms with Crippen LogP contribution in [-0.4, -0.2) is 43.0 Å². The van der Waals surface area contributed by atoms with Gasteiger partial charge in [-0.1, -0.05) is 22.9 Å². The van der Waals surface area contributed by atoms with Gasteiger partial charge in [-0.3, -0.25) is 9.69 Å². The van der Waals surface area contributed by atoms with Gasteiger partial charge in [0.05, 0.1) is 4.70 Å². The van der Waals surface area contributed by atoms with E-state index in [1.54, 1.807) is 24.3 Å². The molecule has 0 spiro atoms. The van der Waals surface area contributed by atoms with Gasteiger partial charge >= 0.3 is 0 Å². The van der Waals surface area contributed by atoms with E-state index in [0.29, 0.717) is 33.5 Å². The molecule has 0 saturated carbocycles. The maximum absolute atomic E-state index is 14.0. The van der Waals surface area contributed by atoms with Gasteiger partial charge in [-0.2, -0.15) is 0 Å². The van der Waals surface area contributed by atoms with E-state index in [1.165, 1.54) is 11.0 Å². The van der Waals surface area contributed by atoms with Crippen molar-refractivity contribution >= 4 is 44.2 Å². The Morgan fingerprint density at radius 2 is 1.85 bits per heavy atom. The summed E-state index contributed by atoms with van der Waals surface area (Å²) in [5, 5.41) is 0.852. The molecule has 26 heavy (non-hydrogen) atoms. The predicted octanol–water partition coefficient (Wildman–Crippen LogP) is 4.44. The lowest BCUT2D eigenvalue weighted by Gasteiger charge is -2.22. The van der Waals surface area contributed by atoms with Crippen LogP contribution >= 0.6 is 22.9 Å². The second kappa shape index (κ2) is 7.65. The molecule has 0 radical (unpaired) electrons. The molecular formula is C18H16ClF2N3OS. The molecule has 4 nitrogen and oxygen atoms in total. The van der Waals surface area contributed by atoms with Crippen molar-refractivity contribution in [3.05, 3.63) is 58.6 Å². The molecule has 1 aromatic heterocycles. The van der Waals surface area contributed by atoms with Gasteiger partial charge in [0.25, 0.3) is 5.91 Å². The number of rotatable bonds is 5. The van der Waals surface area contributed by atoms with Gasteiger partial charge in [-0.25, -0.2) is 13.8 Å². The van der Waals surface area contributed by atoms with Crippen molar-refractivity contribution in [1.29, 1.82) is 0 Å². The van der Waals surface area contributed by atoms with E-state index >= 15 is 0 Å². The Morgan fingerprint density at radius 3 is 2.50 bits per heavy atom. The zero-order valence-corrected chi connectivity index (χ0v) is 15.7. The Hall–Kier alpha value is -2.09. The lowest BCUT2D eigenvalue weighted by molar-refractivity contribution is 0.0985. The predicted molar refractivity (Wildman–Crippen MR) is 101 cm³/mol. The van der Waals surface area contributed by atoms with Crippen molar-refractivity contribution in [3.8, 4) is 0 Å². The summed E-state index contributed by atoms with van der Waals surface area (Å²) in [6.45, 7) is 0.949. The summed E-state index contributed by atoms with van der Waals surface area (Å²) in [5.41, 5.74) is 0.504. The number of carbonyl (C=O) groups is 1. The third-order valence-electron chi connectivity index (χ3n) is 3.74. The van der Waals surface area contributed by atoms with E-state index in [0.717, 1.165) is 17.4 Å². The van der Waals surface area contributed by atoms with Crippen LogP contribution < -0.4 is 4.90 Å². The van der Waals surface area contributed by atoms with Crippen molar-refractivity contribution in [3.63, 3.8) is 0 Å². The summed E-state index contributed by atoms with van der Waals surface area (Å²) in [4.78, 5) is 20.6. The summed E-state index contributed by atoms with van der Waals surface area (Å²) < 4.78 is 27.8. The molecule has 0 N–H and O–H groups in total. The van der Waals surface area contributed by atoms with Crippen molar-refractivity contribution in [2.24, 2.45) is 0 Å². The van der Waals surface area contributed by atoms with Crippen LogP contribution in [0.5, 0.6) is 0 Å². The molecule has 2 aromatic carbocycles. The molecule has 1 amide bonds. The number of halogens is 3. The first-order chi connectivity index (χ1) is 12.3. The van der Waals surface area contributed by atoms with E-state index < -0.39 is 11.6 Å². The molecular weight excluding hydrogens is 380 g/mol.